The first kappa shape index (κ1) is 16.7. The van der Waals surface area contributed by atoms with E-state index in [2.05, 4.69) is 6.58 Å². The van der Waals surface area contributed by atoms with Crippen molar-refractivity contribution in [1.82, 2.24) is 0 Å². The van der Waals surface area contributed by atoms with E-state index in [1.54, 1.807) is 30.3 Å². The standard InChI is InChI=1S/C19H17NO5/c1-2-7-24-8-9-25-14-10-13(21)15-16(17(14)20)19(23)12-6-4-3-5-11(12)18(15)22/h2-6,10,21H,1,7-9,20H2. The molecular weight excluding hydrogens is 322 g/mol. The zero-order valence-corrected chi connectivity index (χ0v) is 13.5. The molecule has 6 nitrogen and oxygen atoms in total. The van der Waals surface area contributed by atoms with Crippen molar-refractivity contribution in [2.24, 2.45) is 0 Å². The molecule has 25 heavy (non-hydrogen) atoms. The summed E-state index contributed by atoms with van der Waals surface area (Å²) in [4.78, 5) is 25.4. The first-order valence-electron chi connectivity index (χ1n) is 7.71. The second kappa shape index (κ2) is 6.78. The molecule has 0 spiro atoms. The highest BCUT2D eigenvalue weighted by Gasteiger charge is 2.35. The smallest absolute Gasteiger partial charge is 0.198 e. The SMILES string of the molecule is C=CCOCCOc1cc(O)c2c(c1N)C(=O)c1ccccc1C2=O. The molecule has 0 atom stereocenters. The molecule has 128 valence electrons. The Bertz CT molecular complexity index is 872. The summed E-state index contributed by atoms with van der Waals surface area (Å²) in [5.74, 6) is -1.04. The molecule has 0 amide bonds. The third-order valence-corrected chi connectivity index (χ3v) is 3.90. The molecule has 0 fully saturated rings. The number of benzene rings is 2. The lowest BCUT2D eigenvalue weighted by molar-refractivity contribution is 0.0976. The average molecular weight is 339 g/mol. The van der Waals surface area contributed by atoms with E-state index in [1.807, 2.05) is 0 Å². The molecule has 0 heterocycles. The number of anilines is 1. The number of hydrogen-bond acceptors (Lipinski definition) is 6. The molecule has 0 radical (unpaired) electrons. The Balaban J connectivity index is 1.97. The van der Waals surface area contributed by atoms with Crippen LogP contribution in [-0.2, 0) is 4.74 Å². The van der Waals surface area contributed by atoms with Gasteiger partial charge in [-0.3, -0.25) is 9.59 Å². The molecule has 2 aromatic carbocycles. The number of aromatic hydroxyl groups is 1. The van der Waals surface area contributed by atoms with Gasteiger partial charge in [-0.05, 0) is 0 Å². The van der Waals surface area contributed by atoms with E-state index in [1.165, 1.54) is 6.07 Å². The molecule has 2 aromatic rings. The summed E-state index contributed by atoms with van der Waals surface area (Å²) in [6.45, 7) is 4.39. The molecule has 0 bridgehead atoms. The number of nitrogens with two attached hydrogens (primary N) is 1. The van der Waals surface area contributed by atoms with Crippen LogP contribution < -0.4 is 10.5 Å². The van der Waals surface area contributed by atoms with Crippen molar-refractivity contribution in [2.45, 2.75) is 0 Å². The van der Waals surface area contributed by atoms with E-state index >= 15 is 0 Å². The van der Waals surface area contributed by atoms with Gasteiger partial charge in [-0.1, -0.05) is 30.3 Å². The number of phenols is 1. The lowest BCUT2D eigenvalue weighted by Crippen LogP contribution is -2.23. The van der Waals surface area contributed by atoms with Gasteiger partial charge >= 0.3 is 0 Å². The largest absolute Gasteiger partial charge is 0.507 e. The Kier molecular flexibility index (Phi) is 4.54. The number of ether oxygens (including phenoxy) is 2. The van der Waals surface area contributed by atoms with Crippen LogP contribution in [0.25, 0.3) is 0 Å². The second-order valence-corrected chi connectivity index (χ2v) is 5.47. The molecule has 3 rings (SSSR count). The molecule has 1 aliphatic carbocycles. The fourth-order valence-electron chi connectivity index (χ4n) is 2.77. The monoisotopic (exact) mass is 339 g/mol. The minimum Gasteiger partial charge on any atom is -0.507 e. The maximum absolute atomic E-state index is 12.8. The molecule has 0 saturated heterocycles. The molecule has 1 aliphatic rings. The Morgan fingerprint density at radius 2 is 1.72 bits per heavy atom. The lowest BCUT2D eigenvalue weighted by Gasteiger charge is -2.21. The number of phenolic OH excluding ortho intramolecular Hbond substituents is 1. The summed E-state index contributed by atoms with van der Waals surface area (Å²) >= 11 is 0. The highest BCUT2D eigenvalue weighted by Crippen LogP contribution is 2.41. The Hall–Kier alpha value is -3.12. The van der Waals surface area contributed by atoms with Crippen LogP contribution in [0.1, 0.15) is 31.8 Å². The number of fused-ring (bicyclic) bond motifs is 2. The molecule has 0 unspecified atom stereocenters. The summed E-state index contributed by atoms with van der Waals surface area (Å²) in [7, 11) is 0. The van der Waals surface area contributed by atoms with Gasteiger partial charge in [-0.15, -0.1) is 6.58 Å². The Morgan fingerprint density at radius 3 is 2.36 bits per heavy atom. The van der Waals surface area contributed by atoms with Crippen LogP contribution in [0.2, 0.25) is 0 Å². The maximum atomic E-state index is 12.8. The first-order chi connectivity index (χ1) is 12.1. The van der Waals surface area contributed by atoms with Gasteiger partial charge in [0.1, 0.15) is 18.1 Å². The van der Waals surface area contributed by atoms with Gasteiger partial charge in [-0.2, -0.15) is 0 Å². The number of ketones is 2. The van der Waals surface area contributed by atoms with Crippen LogP contribution >= 0.6 is 0 Å². The van der Waals surface area contributed by atoms with Crippen LogP contribution in [0, 0.1) is 0 Å². The predicted octanol–water partition coefficient (Wildman–Crippen LogP) is 2.33. The van der Waals surface area contributed by atoms with E-state index in [4.69, 9.17) is 15.2 Å². The van der Waals surface area contributed by atoms with Crippen molar-refractivity contribution in [1.29, 1.82) is 0 Å². The average Bonchev–Trinajstić information content (AvgIpc) is 2.62. The summed E-state index contributed by atoms with van der Waals surface area (Å²) in [5, 5.41) is 10.3. The zero-order valence-electron chi connectivity index (χ0n) is 13.5. The van der Waals surface area contributed by atoms with Crippen LogP contribution in [0.5, 0.6) is 11.5 Å². The maximum Gasteiger partial charge on any atom is 0.198 e. The molecule has 0 saturated carbocycles. The Labute approximate surface area is 144 Å². The molecule has 3 N–H and O–H groups in total. The van der Waals surface area contributed by atoms with Crippen LogP contribution in [0.4, 0.5) is 5.69 Å². The van der Waals surface area contributed by atoms with Crippen molar-refractivity contribution in [2.75, 3.05) is 25.6 Å². The quantitative estimate of drug-likeness (QED) is 0.309. The van der Waals surface area contributed by atoms with Gasteiger partial charge < -0.3 is 20.3 Å². The zero-order chi connectivity index (χ0) is 18.0. The predicted molar refractivity (Wildman–Crippen MR) is 92.3 cm³/mol. The highest BCUT2D eigenvalue weighted by atomic mass is 16.5. The third kappa shape index (κ3) is 2.88. The topological polar surface area (TPSA) is 98.8 Å². The van der Waals surface area contributed by atoms with Gasteiger partial charge in [0.2, 0.25) is 0 Å². The lowest BCUT2D eigenvalue weighted by atomic mass is 9.82. The van der Waals surface area contributed by atoms with Gasteiger partial charge in [0.05, 0.1) is 30.0 Å². The summed E-state index contributed by atoms with van der Waals surface area (Å²) in [6.07, 6.45) is 1.61. The minimum absolute atomic E-state index is 0.0225. The number of hydrogen-bond donors (Lipinski definition) is 2. The van der Waals surface area contributed by atoms with E-state index in [9.17, 15) is 14.7 Å². The van der Waals surface area contributed by atoms with Crippen molar-refractivity contribution in [3.05, 3.63) is 65.2 Å². The van der Waals surface area contributed by atoms with Crippen molar-refractivity contribution < 1.29 is 24.2 Å². The van der Waals surface area contributed by atoms with Crippen molar-refractivity contribution in [3.63, 3.8) is 0 Å². The van der Waals surface area contributed by atoms with E-state index < -0.39 is 11.6 Å². The van der Waals surface area contributed by atoms with Crippen LogP contribution in [-0.4, -0.2) is 36.5 Å². The summed E-state index contributed by atoms with van der Waals surface area (Å²) in [6, 6.07) is 7.69. The van der Waals surface area contributed by atoms with Gasteiger partial charge in [0, 0.05) is 17.2 Å². The molecule has 6 heteroatoms. The first-order valence-corrected chi connectivity index (χ1v) is 7.71. The van der Waals surface area contributed by atoms with Crippen LogP contribution in [0.3, 0.4) is 0 Å². The van der Waals surface area contributed by atoms with Crippen LogP contribution in [0.15, 0.2) is 43.0 Å². The number of carbonyl (C=O) groups is 2. The van der Waals surface area contributed by atoms with E-state index in [0.717, 1.165) is 0 Å². The fourth-order valence-corrected chi connectivity index (χ4v) is 2.77. The number of nitrogen functional groups attached to an aromatic ring is 1. The second-order valence-electron chi connectivity index (χ2n) is 5.47. The number of carbonyl (C=O) groups excluding carboxylic acids is 2. The minimum atomic E-state index is -0.435. The third-order valence-electron chi connectivity index (χ3n) is 3.90. The van der Waals surface area contributed by atoms with Gasteiger partial charge in [0.15, 0.2) is 11.6 Å². The Morgan fingerprint density at radius 1 is 1.08 bits per heavy atom. The van der Waals surface area contributed by atoms with Gasteiger partial charge in [0.25, 0.3) is 0 Å². The highest BCUT2D eigenvalue weighted by molar-refractivity contribution is 6.31. The summed E-state index contributed by atoms with van der Waals surface area (Å²) in [5.41, 5.74) is 6.49. The normalized spacial score (nSPS) is 12.5. The fraction of sp³-hybridized carbons (Fsp3) is 0.158. The molecule has 0 aromatic heterocycles. The van der Waals surface area contributed by atoms with Gasteiger partial charge in [-0.25, -0.2) is 0 Å². The van der Waals surface area contributed by atoms with Crippen molar-refractivity contribution in [3.8, 4) is 11.5 Å². The van der Waals surface area contributed by atoms with Crippen molar-refractivity contribution >= 4 is 17.3 Å². The molecular formula is C19H17NO5. The van der Waals surface area contributed by atoms with E-state index in [0.29, 0.717) is 13.2 Å². The number of rotatable bonds is 6. The van der Waals surface area contributed by atoms with E-state index in [-0.39, 0.29) is 46.0 Å². The summed E-state index contributed by atoms with van der Waals surface area (Å²) < 4.78 is 10.7. The molecule has 0 aliphatic heterocycles.